The Kier molecular flexibility index (Phi) is 5.11. The molecule has 0 aromatic rings. The van der Waals surface area contributed by atoms with Crippen molar-refractivity contribution in [3.8, 4) is 0 Å². The van der Waals surface area contributed by atoms with Gasteiger partial charge in [-0.05, 0) is 0 Å². The van der Waals surface area contributed by atoms with E-state index in [1.165, 1.54) is 14.0 Å². The number of hydrogen-bond acceptors (Lipinski definition) is 4. The summed E-state index contributed by atoms with van der Waals surface area (Å²) in [5.74, 6) is -0.871. The van der Waals surface area contributed by atoms with Crippen molar-refractivity contribution in [2.75, 3.05) is 13.7 Å². The minimum Gasteiger partial charge on any atom is -0.469 e. The molecule has 0 saturated carbocycles. The van der Waals surface area contributed by atoms with Crippen LogP contribution in [0.4, 0.5) is 0 Å². The molecule has 4 nitrogen and oxygen atoms in total. The second-order valence-corrected chi connectivity index (χ2v) is 3.09. The highest BCUT2D eigenvalue weighted by atomic mass is 16.5. The lowest BCUT2D eigenvalue weighted by atomic mass is 9.97. The lowest BCUT2D eigenvalue weighted by Crippen LogP contribution is -2.24. The molecular weight excluding hydrogens is 172 g/mol. The molecule has 0 saturated heterocycles. The smallest absolute Gasteiger partial charge is 0.308 e. The van der Waals surface area contributed by atoms with Gasteiger partial charge in [-0.25, -0.2) is 0 Å². The molecule has 0 spiro atoms. The minimum atomic E-state index is -0.330. The summed E-state index contributed by atoms with van der Waals surface area (Å²) in [6, 6.07) is 0. The number of ether oxygens (including phenoxy) is 2. The van der Waals surface area contributed by atoms with Crippen LogP contribution in [-0.4, -0.2) is 25.7 Å². The molecule has 76 valence electrons. The van der Waals surface area contributed by atoms with Crippen LogP contribution < -0.4 is 0 Å². The van der Waals surface area contributed by atoms with E-state index >= 15 is 0 Å². The zero-order valence-electron chi connectivity index (χ0n) is 8.49. The number of carbonyl (C=O) groups is 2. The van der Waals surface area contributed by atoms with E-state index in [0.717, 1.165) is 0 Å². The largest absolute Gasteiger partial charge is 0.469 e. The Hall–Kier alpha value is -1.06. The molecule has 4 heteroatoms. The SMILES string of the molecule is COC(=O)C(C)C(C)COC(C)=O. The van der Waals surface area contributed by atoms with Crippen LogP contribution in [0.25, 0.3) is 0 Å². The normalized spacial score (nSPS) is 14.5. The standard InChI is InChI=1S/C9H16O4/c1-6(5-13-8(3)10)7(2)9(11)12-4/h6-7H,5H2,1-4H3. The number of methoxy groups -OCH3 is 1. The zero-order valence-corrected chi connectivity index (χ0v) is 8.49. The van der Waals surface area contributed by atoms with Crippen LogP contribution in [0.2, 0.25) is 0 Å². The quantitative estimate of drug-likeness (QED) is 0.617. The van der Waals surface area contributed by atoms with Gasteiger partial charge < -0.3 is 9.47 Å². The Balaban J connectivity index is 3.88. The molecule has 0 aliphatic heterocycles. The maximum Gasteiger partial charge on any atom is 0.308 e. The third-order valence-corrected chi connectivity index (χ3v) is 1.98. The molecular formula is C9H16O4. The van der Waals surface area contributed by atoms with Crippen molar-refractivity contribution in [3.63, 3.8) is 0 Å². The fourth-order valence-corrected chi connectivity index (χ4v) is 0.811. The number of hydrogen-bond donors (Lipinski definition) is 0. The van der Waals surface area contributed by atoms with E-state index in [9.17, 15) is 9.59 Å². The number of carbonyl (C=O) groups excluding carboxylic acids is 2. The Morgan fingerprint density at radius 2 is 1.85 bits per heavy atom. The maximum absolute atomic E-state index is 11.0. The first-order chi connectivity index (χ1) is 5.99. The van der Waals surface area contributed by atoms with Crippen molar-refractivity contribution < 1.29 is 19.1 Å². The Morgan fingerprint density at radius 3 is 2.23 bits per heavy atom. The maximum atomic E-state index is 11.0. The van der Waals surface area contributed by atoms with Crippen molar-refractivity contribution in [2.24, 2.45) is 11.8 Å². The summed E-state index contributed by atoms with van der Waals surface area (Å²) in [4.78, 5) is 21.5. The van der Waals surface area contributed by atoms with Crippen LogP contribution in [0, 0.1) is 11.8 Å². The molecule has 0 amide bonds. The molecule has 0 aromatic carbocycles. The fraction of sp³-hybridized carbons (Fsp3) is 0.778. The van der Waals surface area contributed by atoms with Gasteiger partial charge >= 0.3 is 11.9 Å². The van der Waals surface area contributed by atoms with Gasteiger partial charge in [0, 0.05) is 12.8 Å². The molecule has 2 unspecified atom stereocenters. The highest BCUT2D eigenvalue weighted by molar-refractivity contribution is 5.72. The van der Waals surface area contributed by atoms with Crippen LogP contribution in [0.5, 0.6) is 0 Å². The first kappa shape index (κ1) is 11.9. The van der Waals surface area contributed by atoms with E-state index in [1.807, 2.05) is 6.92 Å². The van der Waals surface area contributed by atoms with Gasteiger partial charge in [-0.15, -0.1) is 0 Å². The lowest BCUT2D eigenvalue weighted by Gasteiger charge is -2.16. The molecule has 0 bridgehead atoms. The highest BCUT2D eigenvalue weighted by Crippen LogP contribution is 2.12. The van der Waals surface area contributed by atoms with Crippen LogP contribution in [-0.2, 0) is 19.1 Å². The zero-order chi connectivity index (χ0) is 10.4. The lowest BCUT2D eigenvalue weighted by molar-refractivity contribution is -0.150. The predicted octanol–water partition coefficient (Wildman–Crippen LogP) is 0.995. The molecule has 0 aromatic heterocycles. The van der Waals surface area contributed by atoms with Crippen LogP contribution in [0.1, 0.15) is 20.8 Å². The van der Waals surface area contributed by atoms with Gasteiger partial charge in [0.2, 0.25) is 0 Å². The second-order valence-electron chi connectivity index (χ2n) is 3.09. The molecule has 0 heterocycles. The van der Waals surface area contributed by atoms with Crippen molar-refractivity contribution in [1.82, 2.24) is 0 Å². The van der Waals surface area contributed by atoms with Crippen molar-refractivity contribution in [2.45, 2.75) is 20.8 Å². The summed E-state index contributed by atoms with van der Waals surface area (Å²) in [6.07, 6.45) is 0. The van der Waals surface area contributed by atoms with Crippen molar-refractivity contribution >= 4 is 11.9 Å². The summed E-state index contributed by atoms with van der Waals surface area (Å²) in [7, 11) is 1.34. The molecule has 2 atom stereocenters. The number of esters is 2. The van der Waals surface area contributed by atoms with Gasteiger partial charge in [-0.2, -0.15) is 0 Å². The van der Waals surface area contributed by atoms with Crippen LogP contribution in [0.3, 0.4) is 0 Å². The first-order valence-corrected chi connectivity index (χ1v) is 4.20. The molecule has 0 rings (SSSR count). The van der Waals surface area contributed by atoms with Crippen LogP contribution in [0.15, 0.2) is 0 Å². The Morgan fingerprint density at radius 1 is 1.31 bits per heavy atom. The van der Waals surface area contributed by atoms with Crippen molar-refractivity contribution in [3.05, 3.63) is 0 Å². The first-order valence-electron chi connectivity index (χ1n) is 4.20. The molecule has 0 fully saturated rings. The summed E-state index contributed by atoms with van der Waals surface area (Å²) in [6.45, 7) is 5.19. The average molecular weight is 188 g/mol. The van der Waals surface area contributed by atoms with Gasteiger partial charge in [0.25, 0.3) is 0 Å². The van der Waals surface area contributed by atoms with Gasteiger partial charge in [0.05, 0.1) is 19.6 Å². The van der Waals surface area contributed by atoms with Crippen molar-refractivity contribution in [1.29, 1.82) is 0 Å². The summed E-state index contributed by atoms with van der Waals surface area (Å²) >= 11 is 0. The molecule has 0 radical (unpaired) electrons. The topological polar surface area (TPSA) is 52.6 Å². The molecule has 13 heavy (non-hydrogen) atoms. The number of rotatable bonds is 4. The molecule has 0 N–H and O–H groups in total. The average Bonchev–Trinajstić information content (AvgIpc) is 2.11. The third kappa shape index (κ3) is 4.50. The van der Waals surface area contributed by atoms with E-state index in [-0.39, 0.29) is 30.4 Å². The second kappa shape index (κ2) is 5.56. The van der Waals surface area contributed by atoms with Gasteiger partial charge in [-0.1, -0.05) is 13.8 Å². The Labute approximate surface area is 78.2 Å². The fourth-order valence-electron chi connectivity index (χ4n) is 0.811. The summed E-state index contributed by atoms with van der Waals surface area (Å²) < 4.78 is 9.33. The van der Waals surface area contributed by atoms with Crippen LogP contribution >= 0.6 is 0 Å². The van der Waals surface area contributed by atoms with Gasteiger partial charge in [0.15, 0.2) is 0 Å². The summed E-state index contributed by atoms with van der Waals surface area (Å²) in [5, 5.41) is 0. The molecule has 0 aliphatic rings. The van der Waals surface area contributed by atoms with E-state index in [2.05, 4.69) is 4.74 Å². The minimum absolute atomic E-state index is 0.0173. The molecule has 0 aliphatic carbocycles. The predicted molar refractivity (Wildman–Crippen MR) is 47.0 cm³/mol. The van der Waals surface area contributed by atoms with E-state index in [0.29, 0.717) is 0 Å². The van der Waals surface area contributed by atoms with E-state index in [4.69, 9.17) is 4.74 Å². The van der Waals surface area contributed by atoms with E-state index < -0.39 is 0 Å². The highest BCUT2D eigenvalue weighted by Gasteiger charge is 2.21. The monoisotopic (exact) mass is 188 g/mol. The van der Waals surface area contributed by atoms with Gasteiger partial charge in [0.1, 0.15) is 0 Å². The van der Waals surface area contributed by atoms with Gasteiger partial charge in [-0.3, -0.25) is 9.59 Å². The third-order valence-electron chi connectivity index (χ3n) is 1.98. The Bertz CT molecular complexity index is 188. The van der Waals surface area contributed by atoms with E-state index in [1.54, 1.807) is 6.92 Å². The summed E-state index contributed by atoms with van der Waals surface area (Å²) in [5.41, 5.74) is 0.